The number of benzene rings is 2. The summed E-state index contributed by atoms with van der Waals surface area (Å²) >= 11 is 17.2. The molecule has 2 N–H and O–H groups in total. The van der Waals surface area contributed by atoms with Gasteiger partial charge in [0, 0.05) is 10.7 Å². The van der Waals surface area contributed by atoms with Crippen molar-refractivity contribution in [3.05, 3.63) is 57.1 Å². The molecule has 2 aromatic rings. The largest absolute Gasteiger partial charge is 0.494 e. The van der Waals surface area contributed by atoms with Crippen LogP contribution in [0.25, 0.3) is 0 Å². The van der Waals surface area contributed by atoms with Crippen LogP contribution in [0.1, 0.15) is 21.5 Å². The zero-order valence-corrected chi connectivity index (χ0v) is 15.7. The van der Waals surface area contributed by atoms with Gasteiger partial charge in [0.1, 0.15) is 5.75 Å². The summed E-state index contributed by atoms with van der Waals surface area (Å²) in [5.41, 5.74) is 3.21. The van der Waals surface area contributed by atoms with Crippen LogP contribution in [-0.4, -0.2) is 18.1 Å². The van der Waals surface area contributed by atoms with E-state index in [1.807, 2.05) is 32.0 Å². The maximum atomic E-state index is 12.4. The van der Waals surface area contributed by atoms with E-state index >= 15 is 0 Å². The fraction of sp³-hybridized carbons (Fsp3) is 0.176. The van der Waals surface area contributed by atoms with Gasteiger partial charge in [0.2, 0.25) is 0 Å². The second kappa shape index (κ2) is 7.83. The predicted octanol–water partition coefficient (Wildman–Crippen LogP) is 4.75. The van der Waals surface area contributed by atoms with Crippen LogP contribution in [-0.2, 0) is 0 Å². The molecule has 0 fully saturated rings. The quantitative estimate of drug-likeness (QED) is 0.752. The van der Waals surface area contributed by atoms with Crippen LogP contribution >= 0.6 is 35.4 Å². The highest BCUT2D eigenvalue weighted by molar-refractivity contribution is 7.80. The molecule has 0 atom stereocenters. The molecule has 0 radical (unpaired) electrons. The molecule has 24 heavy (non-hydrogen) atoms. The zero-order chi connectivity index (χ0) is 17.9. The maximum absolute atomic E-state index is 12.4. The number of aryl methyl sites for hydroxylation is 1. The highest BCUT2D eigenvalue weighted by Gasteiger charge is 2.18. The van der Waals surface area contributed by atoms with Crippen molar-refractivity contribution < 1.29 is 9.53 Å². The fourth-order valence-electron chi connectivity index (χ4n) is 2.15. The second-order valence-electron chi connectivity index (χ2n) is 5.12. The van der Waals surface area contributed by atoms with Gasteiger partial charge in [-0.25, -0.2) is 0 Å². The van der Waals surface area contributed by atoms with E-state index in [9.17, 15) is 4.79 Å². The fourth-order valence-corrected chi connectivity index (χ4v) is 2.92. The molecule has 0 saturated carbocycles. The molecule has 0 heterocycles. The number of nitrogens with one attached hydrogen (secondary N) is 2. The van der Waals surface area contributed by atoms with Gasteiger partial charge in [-0.1, -0.05) is 35.3 Å². The van der Waals surface area contributed by atoms with Gasteiger partial charge in [-0.05, 0) is 55.4 Å². The third-order valence-corrected chi connectivity index (χ3v) is 4.24. The van der Waals surface area contributed by atoms with Crippen molar-refractivity contribution in [2.75, 3.05) is 12.4 Å². The number of carbonyl (C=O) groups excluding carboxylic acids is 1. The molecular weight excluding hydrogens is 367 g/mol. The molecule has 0 aliphatic heterocycles. The molecule has 0 bridgehead atoms. The van der Waals surface area contributed by atoms with E-state index in [0.717, 1.165) is 16.8 Å². The third kappa shape index (κ3) is 4.17. The number of halogens is 2. The van der Waals surface area contributed by atoms with Gasteiger partial charge >= 0.3 is 0 Å². The van der Waals surface area contributed by atoms with Gasteiger partial charge in [0.05, 0.1) is 17.7 Å². The molecule has 2 aromatic carbocycles. The predicted molar refractivity (Wildman–Crippen MR) is 103 cm³/mol. The Morgan fingerprint density at radius 3 is 2.58 bits per heavy atom. The first-order valence-corrected chi connectivity index (χ1v) is 8.21. The van der Waals surface area contributed by atoms with E-state index in [-0.39, 0.29) is 21.4 Å². The summed E-state index contributed by atoms with van der Waals surface area (Å²) in [6, 6.07) is 8.78. The first-order valence-electron chi connectivity index (χ1n) is 7.05. The molecular formula is C17H16Cl2N2O2S. The van der Waals surface area contributed by atoms with E-state index in [1.54, 1.807) is 0 Å². The van der Waals surface area contributed by atoms with Crippen molar-refractivity contribution in [1.82, 2.24) is 5.32 Å². The number of anilines is 1. The third-order valence-electron chi connectivity index (χ3n) is 3.54. The lowest BCUT2D eigenvalue weighted by molar-refractivity contribution is 0.0975. The summed E-state index contributed by atoms with van der Waals surface area (Å²) in [5.74, 6) is -0.216. The zero-order valence-electron chi connectivity index (χ0n) is 13.4. The summed E-state index contributed by atoms with van der Waals surface area (Å²) in [6.45, 7) is 3.98. The van der Waals surface area contributed by atoms with Crippen LogP contribution in [0.15, 0.2) is 30.3 Å². The summed E-state index contributed by atoms with van der Waals surface area (Å²) in [5, 5.41) is 6.37. The number of rotatable bonds is 3. The van der Waals surface area contributed by atoms with Crippen molar-refractivity contribution in [2.24, 2.45) is 0 Å². The molecule has 7 heteroatoms. The lowest BCUT2D eigenvalue weighted by Gasteiger charge is -2.14. The number of carbonyl (C=O) groups is 1. The van der Waals surface area contributed by atoms with Gasteiger partial charge in [0.15, 0.2) is 5.11 Å². The average Bonchev–Trinajstić information content (AvgIpc) is 2.51. The normalized spacial score (nSPS) is 10.2. The van der Waals surface area contributed by atoms with Crippen molar-refractivity contribution in [3.63, 3.8) is 0 Å². The van der Waals surface area contributed by atoms with Crippen LogP contribution < -0.4 is 15.4 Å². The standard InChI is InChI=1S/C17H16Cl2N2O2S/c1-9-5-4-6-14(10(9)2)20-17(24)21-16(22)12-7-11(18)8-13(19)15(12)23-3/h4-8H,1-3H3,(H2,20,21,22,24). The first-order chi connectivity index (χ1) is 11.3. The number of thiocarbonyl (C=S) groups is 1. The minimum atomic E-state index is -0.459. The van der Waals surface area contributed by atoms with E-state index in [0.29, 0.717) is 5.02 Å². The van der Waals surface area contributed by atoms with Gasteiger partial charge in [0.25, 0.3) is 5.91 Å². The lowest BCUT2D eigenvalue weighted by atomic mass is 10.1. The van der Waals surface area contributed by atoms with Crippen LogP contribution in [0.2, 0.25) is 10.0 Å². The Kier molecular flexibility index (Phi) is 6.04. The van der Waals surface area contributed by atoms with Crippen molar-refractivity contribution in [1.29, 1.82) is 0 Å². The Balaban J connectivity index is 2.18. The molecule has 1 amide bonds. The summed E-state index contributed by atoms with van der Waals surface area (Å²) in [6.07, 6.45) is 0. The minimum Gasteiger partial charge on any atom is -0.494 e. The SMILES string of the molecule is COc1c(Cl)cc(Cl)cc1C(=O)NC(=S)Nc1cccc(C)c1C. The number of ether oxygens (including phenoxy) is 1. The number of methoxy groups -OCH3 is 1. The Morgan fingerprint density at radius 2 is 1.92 bits per heavy atom. The molecule has 126 valence electrons. The Labute approximate surface area is 156 Å². The van der Waals surface area contributed by atoms with Crippen LogP contribution in [0.4, 0.5) is 5.69 Å². The van der Waals surface area contributed by atoms with Crippen molar-refractivity contribution in [2.45, 2.75) is 13.8 Å². The van der Waals surface area contributed by atoms with Crippen LogP contribution in [0.3, 0.4) is 0 Å². The average molecular weight is 383 g/mol. The van der Waals surface area contributed by atoms with Crippen LogP contribution in [0, 0.1) is 13.8 Å². The van der Waals surface area contributed by atoms with E-state index < -0.39 is 5.91 Å². The van der Waals surface area contributed by atoms with Gasteiger partial charge < -0.3 is 10.1 Å². The number of hydrogen-bond acceptors (Lipinski definition) is 3. The summed E-state index contributed by atoms with van der Waals surface area (Å²) in [4.78, 5) is 12.4. The molecule has 0 unspecified atom stereocenters. The summed E-state index contributed by atoms with van der Waals surface area (Å²) in [7, 11) is 1.43. The van der Waals surface area contributed by atoms with Crippen molar-refractivity contribution >= 4 is 52.1 Å². The molecule has 4 nitrogen and oxygen atoms in total. The van der Waals surface area contributed by atoms with Gasteiger partial charge in [-0.15, -0.1) is 0 Å². The summed E-state index contributed by atoms with van der Waals surface area (Å²) < 4.78 is 5.17. The van der Waals surface area contributed by atoms with E-state index in [1.165, 1.54) is 19.2 Å². The second-order valence-corrected chi connectivity index (χ2v) is 6.38. The van der Waals surface area contributed by atoms with Gasteiger partial charge in [-0.2, -0.15) is 0 Å². The van der Waals surface area contributed by atoms with Gasteiger partial charge in [-0.3, -0.25) is 10.1 Å². The molecule has 0 spiro atoms. The Morgan fingerprint density at radius 1 is 1.21 bits per heavy atom. The highest BCUT2D eigenvalue weighted by Crippen LogP contribution is 2.32. The van der Waals surface area contributed by atoms with E-state index in [4.69, 9.17) is 40.2 Å². The smallest absolute Gasteiger partial charge is 0.261 e. The molecule has 0 aliphatic carbocycles. The monoisotopic (exact) mass is 382 g/mol. The Bertz CT molecular complexity index is 809. The topological polar surface area (TPSA) is 50.4 Å². The number of amides is 1. The maximum Gasteiger partial charge on any atom is 0.261 e. The van der Waals surface area contributed by atoms with E-state index in [2.05, 4.69) is 10.6 Å². The minimum absolute atomic E-state index is 0.173. The molecule has 2 rings (SSSR count). The van der Waals surface area contributed by atoms with Crippen LogP contribution in [0.5, 0.6) is 5.75 Å². The number of hydrogen-bond donors (Lipinski definition) is 2. The lowest BCUT2D eigenvalue weighted by Crippen LogP contribution is -2.34. The molecule has 0 aliphatic rings. The van der Waals surface area contributed by atoms with Crippen molar-refractivity contribution in [3.8, 4) is 5.75 Å². The first kappa shape index (κ1) is 18.5. The molecule has 0 aromatic heterocycles. The highest BCUT2D eigenvalue weighted by atomic mass is 35.5. The molecule has 0 saturated heterocycles. The Hall–Kier alpha value is -1.82.